The minimum Gasteiger partial charge on any atom is -0.338 e. The Morgan fingerprint density at radius 2 is 2.11 bits per heavy atom. The van der Waals surface area contributed by atoms with Gasteiger partial charge in [0.1, 0.15) is 0 Å². The molecule has 8 heteroatoms. The summed E-state index contributed by atoms with van der Waals surface area (Å²) >= 11 is 1.72. The molecule has 4 heterocycles. The molecule has 0 spiro atoms. The van der Waals surface area contributed by atoms with Gasteiger partial charge in [-0.05, 0) is 51.3 Å². The topological polar surface area (TPSA) is 85.2 Å². The van der Waals surface area contributed by atoms with E-state index in [1.165, 1.54) is 9.75 Å². The second-order valence-electron chi connectivity index (χ2n) is 7.82. The Bertz CT molecular complexity index is 1040. The minimum absolute atomic E-state index is 0. The van der Waals surface area contributed by atoms with E-state index in [9.17, 15) is 4.79 Å². The van der Waals surface area contributed by atoms with Gasteiger partial charge in [0.2, 0.25) is 0 Å². The smallest absolute Gasteiger partial charge is 0.259 e. The predicted octanol–water partition coefficient (Wildman–Crippen LogP) is 4.11. The molecule has 150 valence electrons. The highest BCUT2D eigenvalue weighted by Crippen LogP contribution is 2.35. The van der Waals surface area contributed by atoms with E-state index in [2.05, 4.69) is 37.0 Å². The largest absolute Gasteiger partial charge is 0.338 e. The van der Waals surface area contributed by atoms with Crippen molar-refractivity contribution in [3.05, 3.63) is 33.1 Å². The molecular weight excluding hydrogens is 396 g/mol. The SMILES string of the molecule is Cc1cc(-c2cc(C(=O)N3CCC(C)(CN)C3)c3c(C)noc3n2)c(C)s1.Cl. The maximum absolute atomic E-state index is 13.4. The quantitative estimate of drug-likeness (QED) is 0.689. The third-order valence-electron chi connectivity index (χ3n) is 5.50. The molecule has 0 aliphatic carbocycles. The number of rotatable bonds is 3. The van der Waals surface area contributed by atoms with Crippen LogP contribution in [0, 0.1) is 26.2 Å². The number of hydrogen-bond acceptors (Lipinski definition) is 6. The second kappa shape index (κ2) is 7.46. The number of carbonyl (C=O) groups is 1. The number of aromatic nitrogens is 2. The van der Waals surface area contributed by atoms with Gasteiger partial charge in [0.15, 0.2) is 0 Å². The number of halogens is 1. The number of nitrogens with two attached hydrogens (primary N) is 1. The molecule has 1 fully saturated rings. The Morgan fingerprint density at radius 3 is 2.71 bits per heavy atom. The summed E-state index contributed by atoms with van der Waals surface area (Å²) < 4.78 is 5.42. The molecule has 1 saturated heterocycles. The van der Waals surface area contributed by atoms with Gasteiger partial charge in [-0.15, -0.1) is 23.7 Å². The summed E-state index contributed by atoms with van der Waals surface area (Å²) in [6.07, 6.45) is 0.918. The molecule has 1 unspecified atom stereocenters. The second-order valence-corrected chi connectivity index (χ2v) is 9.28. The number of amides is 1. The van der Waals surface area contributed by atoms with Gasteiger partial charge in [0, 0.05) is 28.4 Å². The van der Waals surface area contributed by atoms with Crippen molar-refractivity contribution >= 4 is 40.8 Å². The first kappa shape index (κ1) is 20.8. The first-order chi connectivity index (χ1) is 12.8. The van der Waals surface area contributed by atoms with E-state index < -0.39 is 0 Å². The summed E-state index contributed by atoms with van der Waals surface area (Å²) in [6.45, 7) is 10.1. The molecule has 0 radical (unpaired) electrons. The first-order valence-corrected chi connectivity index (χ1v) is 9.97. The summed E-state index contributed by atoms with van der Waals surface area (Å²) in [5, 5.41) is 4.75. The molecule has 6 nitrogen and oxygen atoms in total. The lowest BCUT2D eigenvalue weighted by Gasteiger charge is -2.22. The van der Waals surface area contributed by atoms with Crippen LogP contribution in [0.3, 0.4) is 0 Å². The average Bonchev–Trinajstić information content (AvgIpc) is 3.31. The zero-order chi connectivity index (χ0) is 19.3. The fourth-order valence-corrected chi connectivity index (χ4v) is 4.75. The van der Waals surface area contributed by atoms with Crippen LogP contribution in [0.25, 0.3) is 22.4 Å². The van der Waals surface area contributed by atoms with Crippen LogP contribution < -0.4 is 5.73 Å². The third-order valence-corrected chi connectivity index (χ3v) is 6.47. The van der Waals surface area contributed by atoms with Crippen molar-refractivity contribution in [1.29, 1.82) is 0 Å². The summed E-state index contributed by atoms with van der Waals surface area (Å²) in [6, 6.07) is 3.99. The summed E-state index contributed by atoms with van der Waals surface area (Å²) in [5.74, 6) is -0.00303. The Kier molecular flexibility index (Phi) is 5.53. The van der Waals surface area contributed by atoms with Crippen LogP contribution in [-0.2, 0) is 0 Å². The first-order valence-electron chi connectivity index (χ1n) is 9.15. The van der Waals surface area contributed by atoms with Gasteiger partial charge in [0.05, 0.1) is 22.3 Å². The van der Waals surface area contributed by atoms with E-state index in [1.54, 1.807) is 11.3 Å². The standard InChI is InChI=1S/C20H24N4O2S.ClH/c1-11-7-14(13(3)27-11)16-8-15(17-12(2)23-26-18(17)22-16)19(25)24-6-5-20(4,9-21)10-24;/h7-8H,5-6,9-10,21H2,1-4H3;1H. The molecule has 28 heavy (non-hydrogen) atoms. The zero-order valence-corrected chi connectivity index (χ0v) is 18.2. The summed E-state index contributed by atoms with van der Waals surface area (Å²) in [7, 11) is 0. The number of fused-ring (bicyclic) bond motifs is 1. The Hall–Kier alpha value is -1.96. The summed E-state index contributed by atoms with van der Waals surface area (Å²) in [4.78, 5) is 22.3. The molecule has 1 amide bonds. The lowest BCUT2D eigenvalue weighted by molar-refractivity contribution is 0.0778. The van der Waals surface area contributed by atoms with Crippen LogP contribution in [0.4, 0.5) is 0 Å². The Morgan fingerprint density at radius 1 is 1.36 bits per heavy atom. The highest BCUT2D eigenvalue weighted by Gasteiger charge is 2.36. The molecule has 2 N–H and O–H groups in total. The van der Waals surface area contributed by atoms with E-state index in [4.69, 9.17) is 10.3 Å². The highest BCUT2D eigenvalue weighted by molar-refractivity contribution is 7.12. The van der Waals surface area contributed by atoms with E-state index >= 15 is 0 Å². The van der Waals surface area contributed by atoms with Gasteiger partial charge in [-0.2, -0.15) is 0 Å². The number of hydrogen-bond donors (Lipinski definition) is 1. The van der Waals surface area contributed by atoms with Gasteiger partial charge in [0.25, 0.3) is 11.6 Å². The van der Waals surface area contributed by atoms with E-state index in [0.717, 1.165) is 17.7 Å². The number of nitrogens with zero attached hydrogens (tertiary/aromatic N) is 3. The Labute approximate surface area is 174 Å². The van der Waals surface area contributed by atoms with Crippen LogP contribution in [0.1, 0.15) is 39.2 Å². The molecule has 4 rings (SSSR count). The molecular formula is C20H25ClN4O2S. The van der Waals surface area contributed by atoms with Crippen molar-refractivity contribution < 1.29 is 9.32 Å². The van der Waals surface area contributed by atoms with Crippen molar-refractivity contribution in [2.45, 2.75) is 34.1 Å². The maximum Gasteiger partial charge on any atom is 0.259 e. The van der Waals surface area contributed by atoms with Crippen LogP contribution in [0.5, 0.6) is 0 Å². The van der Waals surface area contributed by atoms with Crippen molar-refractivity contribution in [3.63, 3.8) is 0 Å². The fourth-order valence-electron chi connectivity index (χ4n) is 3.82. The van der Waals surface area contributed by atoms with E-state index in [1.807, 2.05) is 17.9 Å². The number of pyridine rings is 1. The van der Waals surface area contributed by atoms with Crippen LogP contribution in [0.2, 0.25) is 0 Å². The van der Waals surface area contributed by atoms with Crippen molar-refractivity contribution in [2.75, 3.05) is 19.6 Å². The van der Waals surface area contributed by atoms with Crippen LogP contribution >= 0.6 is 23.7 Å². The number of carbonyl (C=O) groups excluding carboxylic acids is 1. The normalized spacial score (nSPS) is 19.2. The molecule has 0 saturated carbocycles. The lowest BCUT2D eigenvalue weighted by atomic mass is 9.90. The van der Waals surface area contributed by atoms with E-state index in [0.29, 0.717) is 42.0 Å². The van der Waals surface area contributed by atoms with Crippen LogP contribution in [-0.4, -0.2) is 40.6 Å². The zero-order valence-electron chi connectivity index (χ0n) is 16.5. The number of aryl methyl sites for hydroxylation is 3. The fraction of sp³-hybridized carbons (Fsp3) is 0.450. The maximum atomic E-state index is 13.4. The predicted molar refractivity (Wildman–Crippen MR) is 114 cm³/mol. The van der Waals surface area contributed by atoms with Gasteiger partial charge in [-0.25, -0.2) is 4.98 Å². The van der Waals surface area contributed by atoms with Gasteiger partial charge in [-0.3, -0.25) is 4.79 Å². The number of likely N-dealkylation sites (tertiary alicyclic amines) is 1. The third kappa shape index (κ3) is 3.43. The van der Waals surface area contributed by atoms with Gasteiger partial charge >= 0.3 is 0 Å². The summed E-state index contributed by atoms with van der Waals surface area (Å²) in [5.41, 5.74) is 9.40. The van der Waals surface area contributed by atoms with Gasteiger partial charge < -0.3 is 15.2 Å². The monoisotopic (exact) mass is 420 g/mol. The van der Waals surface area contributed by atoms with Crippen molar-refractivity contribution in [3.8, 4) is 11.3 Å². The molecule has 1 aliphatic rings. The average molecular weight is 421 g/mol. The minimum atomic E-state index is -0.0185. The van der Waals surface area contributed by atoms with Crippen LogP contribution in [0.15, 0.2) is 16.7 Å². The van der Waals surface area contributed by atoms with E-state index in [-0.39, 0.29) is 23.7 Å². The molecule has 0 bridgehead atoms. The Balaban J connectivity index is 0.00000225. The molecule has 3 aromatic rings. The van der Waals surface area contributed by atoms with Crippen molar-refractivity contribution in [1.82, 2.24) is 15.0 Å². The molecule has 0 aromatic carbocycles. The lowest BCUT2D eigenvalue weighted by Crippen LogP contribution is -2.34. The highest BCUT2D eigenvalue weighted by atomic mass is 35.5. The molecule has 3 aromatic heterocycles. The van der Waals surface area contributed by atoms with Crippen molar-refractivity contribution in [2.24, 2.45) is 11.1 Å². The molecule has 1 aliphatic heterocycles. The van der Waals surface area contributed by atoms with Gasteiger partial charge in [-0.1, -0.05) is 12.1 Å². The molecule has 1 atom stereocenters. The number of thiophene rings is 1.